The summed E-state index contributed by atoms with van der Waals surface area (Å²) in [4.78, 5) is 4.51. The van der Waals surface area contributed by atoms with Gasteiger partial charge < -0.3 is 15.2 Å². The maximum atomic E-state index is 9.65. The second-order valence-electron chi connectivity index (χ2n) is 5.95. The summed E-state index contributed by atoms with van der Waals surface area (Å²) in [6, 6.07) is 7.90. The smallest absolute Gasteiger partial charge is 0.142 e. The van der Waals surface area contributed by atoms with Crippen LogP contribution in [0.25, 0.3) is 11.1 Å². The van der Waals surface area contributed by atoms with Gasteiger partial charge >= 0.3 is 0 Å². The molecule has 1 aromatic heterocycles. The molecule has 0 radical (unpaired) electrons. The predicted molar refractivity (Wildman–Crippen MR) is 93.2 cm³/mol. The van der Waals surface area contributed by atoms with E-state index in [1.165, 1.54) is 6.42 Å². The number of benzene rings is 1. The zero-order valence-corrected chi connectivity index (χ0v) is 14.1. The van der Waals surface area contributed by atoms with E-state index >= 15 is 0 Å². The molecule has 5 heteroatoms. The molecule has 1 aromatic carbocycles. The SMILES string of the molecule is COc1cc(OC)cc(-c2c(C#N)c(N)nc3c2CCCCC3)c1. The average molecular weight is 323 g/mol. The van der Waals surface area contributed by atoms with Gasteiger partial charge in [0.25, 0.3) is 0 Å². The minimum absolute atomic E-state index is 0.301. The lowest BCUT2D eigenvalue weighted by Crippen LogP contribution is -2.07. The van der Waals surface area contributed by atoms with Crippen LogP contribution in [0.5, 0.6) is 11.5 Å². The molecule has 0 unspecified atom stereocenters. The van der Waals surface area contributed by atoms with Crippen molar-refractivity contribution in [2.24, 2.45) is 0 Å². The quantitative estimate of drug-likeness (QED) is 0.874. The van der Waals surface area contributed by atoms with Gasteiger partial charge in [0.2, 0.25) is 0 Å². The van der Waals surface area contributed by atoms with E-state index in [1.54, 1.807) is 14.2 Å². The van der Waals surface area contributed by atoms with Crippen molar-refractivity contribution in [1.29, 1.82) is 5.26 Å². The van der Waals surface area contributed by atoms with Crippen LogP contribution in [0, 0.1) is 11.3 Å². The summed E-state index contributed by atoms with van der Waals surface area (Å²) in [5.74, 6) is 1.67. The van der Waals surface area contributed by atoms with E-state index in [4.69, 9.17) is 15.2 Å². The van der Waals surface area contributed by atoms with E-state index in [2.05, 4.69) is 11.1 Å². The first-order valence-corrected chi connectivity index (χ1v) is 8.12. The van der Waals surface area contributed by atoms with Crippen LogP contribution in [0.15, 0.2) is 18.2 Å². The van der Waals surface area contributed by atoms with Crippen LogP contribution in [0.1, 0.15) is 36.1 Å². The monoisotopic (exact) mass is 323 g/mol. The summed E-state index contributed by atoms with van der Waals surface area (Å²) < 4.78 is 10.8. The number of anilines is 1. The molecule has 5 nitrogen and oxygen atoms in total. The number of nitrogen functional groups attached to an aromatic ring is 1. The molecule has 2 aromatic rings. The lowest BCUT2D eigenvalue weighted by Gasteiger charge is -2.17. The van der Waals surface area contributed by atoms with Crippen LogP contribution in [0.3, 0.4) is 0 Å². The van der Waals surface area contributed by atoms with E-state index in [0.717, 1.165) is 48.1 Å². The summed E-state index contributed by atoms with van der Waals surface area (Å²) in [6.07, 6.45) is 5.17. The van der Waals surface area contributed by atoms with Gasteiger partial charge in [-0.3, -0.25) is 0 Å². The van der Waals surface area contributed by atoms with Gasteiger partial charge in [0.1, 0.15) is 28.9 Å². The Morgan fingerprint density at radius 2 is 1.71 bits per heavy atom. The van der Waals surface area contributed by atoms with E-state index < -0.39 is 0 Å². The fourth-order valence-corrected chi connectivity index (χ4v) is 3.32. The van der Waals surface area contributed by atoms with Crippen LogP contribution in [0.2, 0.25) is 0 Å². The van der Waals surface area contributed by atoms with Gasteiger partial charge in [-0.1, -0.05) is 6.42 Å². The van der Waals surface area contributed by atoms with Gasteiger partial charge in [-0.05, 0) is 48.9 Å². The van der Waals surface area contributed by atoms with Crippen LogP contribution in [-0.4, -0.2) is 19.2 Å². The Bertz CT molecular complexity index is 787. The van der Waals surface area contributed by atoms with E-state index in [9.17, 15) is 5.26 Å². The predicted octanol–water partition coefficient (Wildman–Crippen LogP) is 3.49. The number of nitrogens with zero attached hydrogens (tertiary/aromatic N) is 2. The van der Waals surface area contributed by atoms with E-state index in [1.807, 2.05) is 18.2 Å². The first-order valence-electron chi connectivity index (χ1n) is 8.12. The number of nitrogens with two attached hydrogens (primary N) is 1. The fourth-order valence-electron chi connectivity index (χ4n) is 3.32. The van der Waals surface area contributed by atoms with Crippen molar-refractivity contribution in [3.05, 3.63) is 35.0 Å². The summed E-state index contributed by atoms with van der Waals surface area (Å²) in [6.45, 7) is 0. The number of pyridine rings is 1. The van der Waals surface area contributed by atoms with E-state index in [0.29, 0.717) is 22.9 Å². The molecule has 1 heterocycles. The molecular formula is C19H21N3O2. The molecule has 0 saturated carbocycles. The molecule has 0 atom stereocenters. The number of aromatic nitrogens is 1. The summed E-state index contributed by atoms with van der Waals surface area (Å²) >= 11 is 0. The first-order chi connectivity index (χ1) is 11.7. The highest BCUT2D eigenvalue weighted by Crippen LogP contribution is 2.38. The molecule has 0 saturated heterocycles. The molecule has 0 bridgehead atoms. The maximum absolute atomic E-state index is 9.65. The number of nitriles is 1. The van der Waals surface area contributed by atoms with Gasteiger partial charge in [-0.15, -0.1) is 0 Å². The van der Waals surface area contributed by atoms with Crippen LogP contribution < -0.4 is 15.2 Å². The van der Waals surface area contributed by atoms with Crippen molar-refractivity contribution in [3.63, 3.8) is 0 Å². The third-order valence-electron chi connectivity index (χ3n) is 4.50. The molecule has 124 valence electrons. The Kier molecular flexibility index (Phi) is 4.57. The summed E-state index contributed by atoms with van der Waals surface area (Å²) in [5, 5.41) is 9.65. The molecule has 1 aliphatic rings. The molecular weight excluding hydrogens is 302 g/mol. The highest BCUT2D eigenvalue weighted by Gasteiger charge is 2.22. The number of hydrogen-bond donors (Lipinski definition) is 1. The second kappa shape index (κ2) is 6.79. The van der Waals surface area contributed by atoms with Crippen molar-refractivity contribution < 1.29 is 9.47 Å². The standard InChI is InChI=1S/C19H21N3O2/c1-23-13-8-12(9-14(10-13)24-2)18-15-6-4-3-5-7-17(15)22-19(21)16(18)11-20/h8-10H,3-7H2,1-2H3,(H2,21,22). The minimum Gasteiger partial charge on any atom is -0.497 e. The number of fused-ring (bicyclic) bond motifs is 1. The fraction of sp³-hybridized carbons (Fsp3) is 0.368. The third kappa shape index (κ3) is 2.88. The highest BCUT2D eigenvalue weighted by atomic mass is 16.5. The Balaban J connectivity index is 2.30. The lowest BCUT2D eigenvalue weighted by molar-refractivity contribution is 0.394. The number of aryl methyl sites for hydroxylation is 1. The molecule has 1 aliphatic carbocycles. The van der Waals surface area contributed by atoms with Gasteiger partial charge in [0.15, 0.2) is 0 Å². The normalized spacial score (nSPS) is 13.5. The number of hydrogen-bond acceptors (Lipinski definition) is 5. The lowest BCUT2D eigenvalue weighted by atomic mass is 9.91. The topological polar surface area (TPSA) is 81.2 Å². The van der Waals surface area contributed by atoms with Crippen LogP contribution >= 0.6 is 0 Å². The number of rotatable bonds is 3. The van der Waals surface area contributed by atoms with Crippen molar-refractivity contribution in [1.82, 2.24) is 4.98 Å². The van der Waals surface area contributed by atoms with Crippen molar-refractivity contribution in [2.45, 2.75) is 32.1 Å². The minimum atomic E-state index is 0.301. The molecule has 0 amide bonds. The van der Waals surface area contributed by atoms with E-state index in [-0.39, 0.29) is 0 Å². The molecule has 0 aliphatic heterocycles. The summed E-state index contributed by atoms with van der Waals surface area (Å²) in [7, 11) is 3.23. The van der Waals surface area contributed by atoms with Gasteiger partial charge in [-0.2, -0.15) is 5.26 Å². The zero-order chi connectivity index (χ0) is 17.1. The average Bonchev–Trinajstić information content (AvgIpc) is 2.84. The Morgan fingerprint density at radius 1 is 1.04 bits per heavy atom. The second-order valence-corrected chi connectivity index (χ2v) is 5.95. The number of ether oxygens (including phenoxy) is 2. The molecule has 2 N–H and O–H groups in total. The van der Waals surface area contributed by atoms with Crippen molar-refractivity contribution >= 4 is 5.82 Å². The zero-order valence-electron chi connectivity index (χ0n) is 14.1. The van der Waals surface area contributed by atoms with Crippen molar-refractivity contribution in [3.8, 4) is 28.7 Å². The van der Waals surface area contributed by atoms with Crippen LogP contribution in [0.4, 0.5) is 5.82 Å². The van der Waals surface area contributed by atoms with Gasteiger partial charge in [0, 0.05) is 17.3 Å². The van der Waals surface area contributed by atoms with Crippen molar-refractivity contribution in [2.75, 3.05) is 20.0 Å². The maximum Gasteiger partial charge on any atom is 0.142 e. The first kappa shape index (κ1) is 16.1. The third-order valence-corrected chi connectivity index (χ3v) is 4.50. The highest BCUT2D eigenvalue weighted by molar-refractivity contribution is 5.80. The molecule has 0 spiro atoms. The largest absolute Gasteiger partial charge is 0.497 e. The number of methoxy groups -OCH3 is 2. The van der Waals surface area contributed by atoms with Gasteiger partial charge in [0.05, 0.1) is 14.2 Å². The van der Waals surface area contributed by atoms with Crippen LogP contribution in [-0.2, 0) is 12.8 Å². The molecule has 3 rings (SSSR count). The molecule has 0 fully saturated rings. The van der Waals surface area contributed by atoms with Gasteiger partial charge in [-0.25, -0.2) is 4.98 Å². The summed E-state index contributed by atoms with van der Waals surface area (Å²) in [5.41, 5.74) is 10.4. The Labute approximate surface area is 142 Å². The Morgan fingerprint density at radius 3 is 2.33 bits per heavy atom. The Hall–Kier alpha value is -2.74. The molecule has 24 heavy (non-hydrogen) atoms.